The van der Waals surface area contributed by atoms with Crippen molar-refractivity contribution >= 4 is 0 Å². The molecular formula is C11H20N2. The second-order valence-corrected chi connectivity index (χ2v) is 5.14. The topological polar surface area (TPSA) is 15.3 Å². The van der Waals surface area contributed by atoms with Crippen LogP contribution in [0.5, 0.6) is 0 Å². The maximum absolute atomic E-state index is 3.45. The third-order valence-electron chi connectivity index (χ3n) is 4.14. The lowest BCUT2D eigenvalue weighted by Crippen LogP contribution is -2.54. The fourth-order valence-corrected chi connectivity index (χ4v) is 3.38. The lowest BCUT2D eigenvalue weighted by atomic mass is 9.70. The van der Waals surface area contributed by atoms with Crippen LogP contribution in [-0.4, -0.2) is 37.1 Å². The Hall–Kier alpha value is -0.0800. The summed E-state index contributed by atoms with van der Waals surface area (Å²) in [7, 11) is 0. The summed E-state index contributed by atoms with van der Waals surface area (Å²) in [5, 5.41) is 3.45. The van der Waals surface area contributed by atoms with E-state index in [-0.39, 0.29) is 0 Å². The Morgan fingerprint density at radius 1 is 0.923 bits per heavy atom. The summed E-state index contributed by atoms with van der Waals surface area (Å²) in [6, 6.07) is 0.923. The average molecular weight is 180 g/mol. The molecule has 1 aliphatic carbocycles. The number of hydrogen-bond donors (Lipinski definition) is 1. The van der Waals surface area contributed by atoms with Gasteiger partial charge in [0.15, 0.2) is 0 Å². The first-order valence-electron chi connectivity index (χ1n) is 5.86. The van der Waals surface area contributed by atoms with Crippen molar-refractivity contribution in [2.75, 3.05) is 26.2 Å². The maximum Gasteiger partial charge on any atom is 0.0120 e. The molecule has 3 heterocycles. The van der Waals surface area contributed by atoms with Crippen molar-refractivity contribution in [3.63, 3.8) is 0 Å². The van der Waals surface area contributed by atoms with E-state index < -0.39 is 0 Å². The largest absolute Gasteiger partial charge is 0.317 e. The lowest BCUT2D eigenvalue weighted by molar-refractivity contribution is -0.00606. The van der Waals surface area contributed by atoms with E-state index in [0.717, 1.165) is 17.9 Å². The van der Waals surface area contributed by atoms with Crippen LogP contribution in [-0.2, 0) is 0 Å². The highest BCUT2D eigenvalue weighted by Gasteiger charge is 2.39. The number of piperidine rings is 3. The van der Waals surface area contributed by atoms with Gasteiger partial charge in [-0.1, -0.05) is 0 Å². The fourth-order valence-electron chi connectivity index (χ4n) is 3.38. The predicted molar refractivity (Wildman–Crippen MR) is 53.7 cm³/mol. The van der Waals surface area contributed by atoms with Crippen LogP contribution in [0.4, 0.5) is 0 Å². The minimum atomic E-state index is 0.923. The average Bonchev–Trinajstić information content (AvgIpc) is 2.18. The molecule has 3 saturated heterocycles. The first-order valence-corrected chi connectivity index (χ1v) is 5.86. The molecule has 13 heavy (non-hydrogen) atoms. The van der Waals surface area contributed by atoms with E-state index in [2.05, 4.69) is 10.2 Å². The van der Waals surface area contributed by atoms with Gasteiger partial charge in [0.2, 0.25) is 0 Å². The van der Waals surface area contributed by atoms with Gasteiger partial charge in [0.1, 0.15) is 0 Å². The molecule has 74 valence electrons. The van der Waals surface area contributed by atoms with Crippen LogP contribution < -0.4 is 5.32 Å². The molecule has 1 N–H and O–H groups in total. The van der Waals surface area contributed by atoms with Crippen molar-refractivity contribution in [1.82, 2.24) is 10.2 Å². The van der Waals surface area contributed by atoms with Gasteiger partial charge in [-0.2, -0.15) is 0 Å². The molecule has 4 fully saturated rings. The summed E-state index contributed by atoms with van der Waals surface area (Å²) < 4.78 is 0. The van der Waals surface area contributed by atoms with Gasteiger partial charge in [0.25, 0.3) is 0 Å². The van der Waals surface area contributed by atoms with Crippen molar-refractivity contribution in [1.29, 1.82) is 0 Å². The van der Waals surface area contributed by atoms with Crippen LogP contribution in [0.25, 0.3) is 0 Å². The summed E-state index contributed by atoms with van der Waals surface area (Å²) in [5.41, 5.74) is 0. The van der Waals surface area contributed by atoms with Crippen LogP contribution in [0.15, 0.2) is 0 Å². The number of nitrogens with zero attached hydrogens (tertiary/aromatic N) is 1. The van der Waals surface area contributed by atoms with Crippen LogP contribution in [0.2, 0.25) is 0 Å². The zero-order valence-corrected chi connectivity index (χ0v) is 8.34. The Labute approximate surface area is 80.7 Å². The molecule has 0 aromatic rings. The zero-order valence-electron chi connectivity index (χ0n) is 8.34. The zero-order chi connectivity index (χ0) is 8.67. The molecule has 0 spiro atoms. The van der Waals surface area contributed by atoms with Crippen LogP contribution in [0.3, 0.4) is 0 Å². The van der Waals surface area contributed by atoms with Crippen molar-refractivity contribution in [3.8, 4) is 0 Å². The van der Waals surface area contributed by atoms with E-state index in [9.17, 15) is 0 Å². The Morgan fingerprint density at radius 2 is 1.54 bits per heavy atom. The molecule has 2 bridgehead atoms. The van der Waals surface area contributed by atoms with Crippen molar-refractivity contribution < 1.29 is 0 Å². The molecule has 2 heteroatoms. The number of hydrogen-bond acceptors (Lipinski definition) is 2. The number of nitrogens with one attached hydrogen (secondary N) is 1. The third-order valence-corrected chi connectivity index (χ3v) is 4.14. The van der Waals surface area contributed by atoms with Gasteiger partial charge in [-0.05, 0) is 50.6 Å². The first-order chi connectivity index (χ1) is 6.42. The second kappa shape index (κ2) is 3.25. The molecule has 0 unspecified atom stereocenters. The molecule has 2 nitrogen and oxygen atoms in total. The molecule has 0 amide bonds. The highest BCUT2D eigenvalue weighted by atomic mass is 15.2. The van der Waals surface area contributed by atoms with E-state index >= 15 is 0 Å². The molecule has 0 aromatic carbocycles. The monoisotopic (exact) mass is 180 g/mol. The first kappa shape index (κ1) is 8.25. The minimum Gasteiger partial charge on any atom is -0.317 e. The van der Waals surface area contributed by atoms with Crippen LogP contribution in [0, 0.1) is 11.8 Å². The molecule has 1 saturated carbocycles. The molecular weight excluding hydrogens is 160 g/mol. The van der Waals surface area contributed by atoms with E-state index in [4.69, 9.17) is 0 Å². The predicted octanol–water partition coefficient (Wildman–Crippen LogP) is 1.08. The number of rotatable bonds is 1. The standard InChI is InChI=1S/C11H20N2/c1-3-12-4-2-11(1)13-7-9-5-10(6-9)8-13/h9-12H,1-8H2. The molecule has 4 aliphatic rings. The van der Waals surface area contributed by atoms with Gasteiger partial charge in [-0.25, -0.2) is 0 Å². The van der Waals surface area contributed by atoms with Gasteiger partial charge in [-0.3, -0.25) is 4.90 Å². The molecule has 0 aromatic heterocycles. The van der Waals surface area contributed by atoms with E-state index in [1.807, 2.05) is 0 Å². The lowest BCUT2D eigenvalue weighted by Gasteiger charge is -2.50. The normalized spacial score (nSPS) is 41.5. The van der Waals surface area contributed by atoms with Crippen molar-refractivity contribution in [2.24, 2.45) is 11.8 Å². The van der Waals surface area contributed by atoms with Crippen LogP contribution in [0.1, 0.15) is 25.7 Å². The molecule has 0 radical (unpaired) electrons. The summed E-state index contributed by atoms with van der Waals surface area (Å²) >= 11 is 0. The molecule has 4 rings (SSSR count). The quantitative estimate of drug-likeness (QED) is 0.649. The molecule has 3 aliphatic heterocycles. The Kier molecular flexibility index (Phi) is 2.06. The minimum absolute atomic E-state index is 0.923. The summed E-state index contributed by atoms with van der Waals surface area (Å²) in [6.07, 6.45) is 5.86. The molecule has 0 atom stereocenters. The second-order valence-electron chi connectivity index (χ2n) is 5.14. The Balaban J connectivity index is 1.58. The van der Waals surface area contributed by atoms with Crippen molar-refractivity contribution in [3.05, 3.63) is 0 Å². The van der Waals surface area contributed by atoms with E-state index in [0.29, 0.717) is 0 Å². The SMILES string of the molecule is C1CC(N2CC3CC(C3)C2)CCN1. The van der Waals surface area contributed by atoms with Gasteiger partial charge >= 0.3 is 0 Å². The summed E-state index contributed by atoms with van der Waals surface area (Å²) in [6.45, 7) is 5.33. The maximum atomic E-state index is 3.45. The highest BCUT2D eigenvalue weighted by molar-refractivity contribution is 4.92. The van der Waals surface area contributed by atoms with Crippen molar-refractivity contribution in [2.45, 2.75) is 31.7 Å². The summed E-state index contributed by atoms with van der Waals surface area (Å²) in [5.74, 6) is 2.15. The van der Waals surface area contributed by atoms with E-state index in [1.165, 1.54) is 39.0 Å². The Bertz CT molecular complexity index is 171. The third kappa shape index (κ3) is 1.50. The van der Waals surface area contributed by atoms with E-state index in [1.54, 1.807) is 12.8 Å². The summed E-state index contributed by atoms with van der Waals surface area (Å²) in [4.78, 5) is 2.78. The smallest absolute Gasteiger partial charge is 0.0120 e. The fraction of sp³-hybridized carbons (Fsp3) is 1.00. The van der Waals surface area contributed by atoms with Crippen LogP contribution >= 0.6 is 0 Å². The number of fused-ring (bicyclic) bond motifs is 2. The van der Waals surface area contributed by atoms with Gasteiger partial charge in [0, 0.05) is 19.1 Å². The highest BCUT2D eigenvalue weighted by Crippen LogP contribution is 2.40. The van der Waals surface area contributed by atoms with Gasteiger partial charge in [-0.15, -0.1) is 0 Å². The van der Waals surface area contributed by atoms with Gasteiger partial charge in [0.05, 0.1) is 0 Å². The Morgan fingerprint density at radius 3 is 2.15 bits per heavy atom. The van der Waals surface area contributed by atoms with Gasteiger partial charge < -0.3 is 5.32 Å².